The van der Waals surface area contributed by atoms with E-state index in [0.29, 0.717) is 11.4 Å². The quantitative estimate of drug-likeness (QED) is 0.814. The first-order chi connectivity index (χ1) is 9.95. The number of fused-ring (bicyclic) bond motifs is 1. The molecule has 0 bridgehead atoms. The zero-order valence-electron chi connectivity index (χ0n) is 12.6. The number of carbonyl (C=O) groups is 2. The number of esters is 1. The Balaban J connectivity index is 2.52. The monoisotopic (exact) mass is 286 g/mol. The first-order valence-electron chi connectivity index (χ1n) is 6.70. The largest absolute Gasteiger partial charge is 0.465 e. The Morgan fingerprint density at radius 2 is 1.95 bits per heavy atom. The summed E-state index contributed by atoms with van der Waals surface area (Å²) in [5.41, 5.74) is 0.472. The Kier molecular flexibility index (Phi) is 4.21. The van der Waals surface area contributed by atoms with Gasteiger partial charge >= 0.3 is 5.97 Å². The van der Waals surface area contributed by atoms with Gasteiger partial charge in [0.15, 0.2) is 0 Å². The van der Waals surface area contributed by atoms with E-state index in [1.165, 1.54) is 7.11 Å². The van der Waals surface area contributed by atoms with Crippen LogP contribution < -0.4 is 4.90 Å². The molecule has 2 aromatic rings. The zero-order valence-corrected chi connectivity index (χ0v) is 12.6. The van der Waals surface area contributed by atoms with Gasteiger partial charge in [-0.3, -0.25) is 9.69 Å². The number of anilines is 1. The van der Waals surface area contributed by atoms with Crippen LogP contribution in [0, 0.1) is 5.92 Å². The number of pyridine rings is 1. The van der Waals surface area contributed by atoms with E-state index in [0.717, 1.165) is 10.8 Å². The summed E-state index contributed by atoms with van der Waals surface area (Å²) in [5.74, 6) is 0.0814. The second-order valence-corrected chi connectivity index (χ2v) is 5.11. The molecule has 0 aliphatic rings. The van der Waals surface area contributed by atoms with Crippen LogP contribution in [0.2, 0.25) is 0 Å². The highest BCUT2D eigenvalue weighted by atomic mass is 16.5. The van der Waals surface area contributed by atoms with E-state index in [4.69, 9.17) is 4.74 Å². The highest BCUT2D eigenvalue weighted by molar-refractivity contribution is 6.04. The number of methoxy groups -OCH3 is 1. The minimum atomic E-state index is -0.387. The topological polar surface area (TPSA) is 59.5 Å². The van der Waals surface area contributed by atoms with Gasteiger partial charge in [-0.2, -0.15) is 0 Å². The number of rotatable bonds is 3. The van der Waals surface area contributed by atoms with Gasteiger partial charge in [0.2, 0.25) is 5.91 Å². The van der Waals surface area contributed by atoms with Crippen LogP contribution in [0.5, 0.6) is 0 Å². The zero-order chi connectivity index (χ0) is 15.6. The normalized spacial score (nSPS) is 10.7. The first-order valence-corrected chi connectivity index (χ1v) is 6.70. The third kappa shape index (κ3) is 2.86. The Bertz CT molecular complexity index is 695. The van der Waals surface area contributed by atoms with Crippen molar-refractivity contribution in [1.82, 2.24) is 4.98 Å². The molecule has 1 aromatic heterocycles. The summed E-state index contributed by atoms with van der Waals surface area (Å²) in [6, 6.07) is 7.00. The van der Waals surface area contributed by atoms with Crippen LogP contribution >= 0.6 is 0 Å². The van der Waals surface area contributed by atoms with Crippen LogP contribution in [0.4, 0.5) is 5.82 Å². The molecule has 0 unspecified atom stereocenters. The van der Waals surface area contributed by atoms with Crippen LogP contribution in [-0.2, 0) is 9.53 Å². The molecule has 2 rings (SSSR count). The van der Waals surface area contributed by atoms with E-state index < -0.39 is 0 Å². The average molecular weight is 286 g/mol. The van der Waals surface area contributed by atoms with Crippen molar-refractivity contribution in [3.63, 3.8) is 0 Å². The number of benzene rings is 1. The van der Waals surface area contributed by atoms with Crippen LogP contribution in [-0.4, -0.2) is 31.0 Å². The lowest BCUT2D eigenvalue weighted by Crippen LogP contribution is -2.31. The van der Waals surface area contributed by atoms with E-state index in [1.54, 1.807) is 42.4 Å². The number of hydrogen-bond donors (Lipinski definition) is 0. The van der Waals surface area contributed by atoms with E-state index in [-0.39, 0.29) is 17.8 Å². The molecule has 1 amide bonds. The Morgan fingerprint density at radius 1 is 1.24 bits per heavy atom. The molecule has 0 fully saturated rings. The van der Waals surface area contributed by atoms with Crippen LogP contribution in [0.15, 0.2) is 30.5 Å². The van der Waals surface area contributed by atoms with Gasteiger partial charge in [0.1, 0.15) is 5.82 Å². The number of ether oxygens (including phenoxy) is 1. The average Bonchev–Trinajstić information content (AvgIpc) is 2.51. The molecular weight excluding hydrogens is 268 g/mol. The maximum atomic E-state index is 12.1. The second kappa shape index (κ2) is 5.91. The lowest BCUT2D eigenvalue weighted by molar-refractivity contribution is -0.121. The number of aromatic nitrogens is 1. The van der Waals surface area contributed by atoms with Gasteiger partial charge in [-0.15, -0.1) is 0 Å². The van der Waals surface area contributed by atoms with Crippen molar-refractivity contribution in [2.24, 2.45) is 5.92 Å². The van der Waals surface area contributed by atoms with Gasteiger partial charge in [-0.1, -0.05) is 13.8 Å². The maximum Gasteiger partial charge on any atom is 0.337 e. The first kappa shape index (κ1) is 15.0. The minimum absolute atomic E-state index is 0.00737. The van der Waals surface area contributed by atoms with Crippen LogP contribution in [0.3, 0.4) is 0 Å². The molecule has 1 aromatic carbocycles. The van der Waals surface area contributed by atoms with Gasteiger partial charge in [-0.25, -0.2) is 9.78 Å². The molecule has 0 N–H and O–H groups in total. The van der Waals surface area contributed by atoms with E-state index >= 15 is 0 Å². The molecule has 0 spiro atoms. The van der Waals surface area contributed by atoms with Gasteiger partial charge in [0.25, 0.3) is 0 Å². The van der Waals surface area contributed by atoms with Crippen molar-refractivity contribution in [2.75, 3.05) is 19.1 Å². The lowest BCUT2D eigenvalue weighted by atomic mass is 10.1. The summed E-state index contributed by atoms with van der Waals surface area (Å²) < 4.78 is 4.71. The Morgan fingerprint density at radius 3 is 2.57 bits per heavy atom. The molecule has 110 valence electrons. The van der Waals surface area contributed by atoms with E-state index in [2.05, 4.69) is 4.98 Å². The molecule has 0 radical (unpaired) electrons. The van der Waals surface area contributed by atoms with E-state index in [9.17, 15) is 9.59 Å². The molecule has 21 heavy (non-hydrogen) atoms. The van der Waals surface area contributed by atoms with Crippen LogP contribution in [0.25, 0.3) is 10.8 Å². The molecular formula is C16H18N2O3. The summed E-state index contributed by atoms with van der Waals surface area (Å²) in [6.07, 6.45) is 1.63. The van der Waals surface area contributed by atoms with Crippen molar-refractivity contribution < 1.29 is 14.3 Å². The number of carbonyl (C=O) groups excluding carboxylic acids is 2. The molecule has 0 aliphatic carbocycles. The smallest absolute Gasteiger partial charge is 0.337 e. The number of hydrogen-bond acceptors (Lipinski definition) is 4. The lowest BCUT2D eigenvalue weighted by Gasteiger charge is -2.20. The SMILES string of the molecule is COC(=O)c1ccc2c(N(C)C(=O)C(C)C)nccc2c1. The minimum Gasteiger partial charge on any atom is -0.465 e. The van der Waals surface area contributed by atoms with Crippen molar-refractivity contribution >= 4 is 28.5 Å². The fraction of sp³-hybridized carbons (Fsp3) is 0.312. The summed E-state index contributed by atoms with van der Waals surface area (Å²) >= 11 is 0. The van der Waals surface area contributed by atoms with Gasteiger partial charge < -0.3 is 4.74 Å². The predicted molar refractivity (Wildman–Crippen MR) is 81.3 cm³/mol. The highest BCUT2D eigenvalue weighted by Crippen LogP contribution is 2.25. The summed E-state index contributed by atoms with van der Waals surface area (Å²) in [5, 5.41) is 1.66. The molecule has 0 atom stereocenters. The summed E-state index contributed by atoms with van der Waals surface area (Å²) in [4.78, 5) is 29.5. The predicted octanol–water partition coefficient (Wildman–Crippen LogP) is 2.64. The third-order valence-electron chi connectivity index (χ3n) is 3.31. The Labute approximate surface area is 123 Å². The fourth-order valence-corrected chi connectivity index (χ4v) is 2.17. The molecule has 0 saturated heterocycles. The third-order valence-corrected chi connectivity index (χ3v) is 3.31. The van der Waals surface area contributed by atoms with Gasteiger partial charge in [0, 0.05) is 24.5 Å². The summed E-state index contributed by atoms with van der Waals surface area (Å²) in [7, 11) is 3.05. The fourth-order valence-electron chi connectivity index (χ4n) is 2.17. The molecule has 5 heteroatoms. The van der Waals surface area contributed by atoms with Crippen LogP contribution in [0.1, 0.15) is 24.2 Å². The van der Waals surface area contributed by atoms with E-state index in [1.807, 2.05) is 13.8 Å². The second-order valence-electron chi connectivity index (χ2n) is 5.11. The standard InChI is InChI=1S/C16H18N2O3/c1-10(2)15(19)18(3)14-13-6-5-12(16(20)21-4)9-11(13)7-8-17-14/h5-10H,1-4H3. The number of nitrogens with zero attached hydrogens (tertiary/aromatic N) is 2. The van der Waals surface area contributed by atoms with Crippen molar-refractivity contribution in [3.05, 3.63) is 36.0 Å². The summed E-state index contributed by atoms with van der Waals surface area (Å²) in [6.45, 7) is 3.69. The molecule has 0 saturated carbocycles. The Hall–Kier alpha value is -2.43. The van der Waals surface area contributed by atoms with Gasteiger partial charge in [-0.05, 0) is 29.7 Å². The van der Waals surface area contributed by atoms with Gasteiger partial charge in [0.05, 0.1) is 12.7 Å². The van der Waals surface area contributed by atoms with Crippen molar-refractivity contribution in [1.29, 1.82) is 0 Å². The van der Waals surface area contributed by atoms with Crippen molar-refractivity contribution in [3.8, 4) is 0 Å². The molecule has 1 heterocycles. The van der Waals surface area contributed by atoms with Crippen molar-refractivity contribution in [2.45, 2.75) is 13.8 Å². The maximum absolute atomic E-state index is 12.1. The molecule has 0 aliphatic heterocycles. The number of amides is 1. The highest BCUT2D eigenvalue weighted by Gasteiger charge is 2.18. The molecule has 5 nitrogen and oxygen atoms in total.